The van der Waals surface area contributed by atoms with Gasteiger partial charge in [-0.05, 0) is 56.2 Å². The minimum Gasteiger partial charge on any atom is -0.444 e. The summed E-state index contributed by atoms with van der Waals surface area (Å²) in [5.41, 5.74) is 3.20. The van der Waals surface area contributed by atoms with Gasteiger partial charge < -0.3 is 9.30 Å². The van der Waals surface area contributed by atoms with Crippen molar-refractivity contribution in [3.05, 3.63) is 111 Å². The second-order valence-electron chi connectivity index (χ2n) is 10.3. The van der Waals surface area contributed by atoms with Gasteiger partial charge in [0.05, 0.1) is 40.9 Å². The Morgan fingerprint density at radius 3 is 2.56 bits per heavy atom. The quantitative estimate of drug-likeness (QED) is 0.363. The number of nitrogens with zero attached hydrogens (tertiary/aromatic N) is 6. The van der Waals surface area contributed by atoms with Gasteiger partial charge in [-0.3, -0.25) is 14.3 Å². The second-order valence-corrected chi connectivity index (χ2v) is 10.8. The zero-order chi connectivity index (χ0) is 27.7. The summed E-state index contributed by atoms with van der Waals surface area (Å²) in [6.07, 6.45) is 5.19. The number of carbonyl (C=O) groups excluding carboxylic acids is 1. The first-order valence-electron chi connectivity index (χ1n) is 12.5. The minimum atomic E-state index is -0.648. The summed E-state index contributed by atoms with van der Waals surface area (Å²) in [7, 11) is 0. The molecular weight excluding hydrogens is 516 g/mol. The standard InChI is InChI=1S/C29H27ClN6O3/c1-29(2,3)39-28(38)35-13-12-23-27(26(35)21-7-4-19(14-31)5-8-21)34(18-33-23)16-20-6-10-24(32-15-20)36-17-22(30)9-11-25(36)37/h4-11,15,17-18,26H,12-13,16H2,1-3H3. The number of hydrogen-bond acceptors (Lipinski definition) is 6. The molecule has 4 aromatic rings. The van der Waals surface area contributed by atoms with Crippen LogP contribution in [0.2, 0.25) is 5.02 Å². The monoisotopic (exact) mass is 542 g/mol. The van der Waals surface area contributed by atoms with Crippen LogP contribution < -0.4 is 5.56 Å². The van der Waals surface area contributed by atoms with Crippen LogP contribution in [0.3, 0.4) is 0 Å². The lowest BCUT2D eigenvalue weighted by Crippen LogP contribution is -2.44. The minimum absolute atomic E-state index is 0.226. The Hall–Kier alpha value is -4.42. The summed E-state index contributed by atoms with van der Waals surface area (Å²) in [6, 6.07) is 15.5. The molecule has 4 heterocycles. The van der Waals surface area contributed by atoms with Crippen LogP contribution >= 0.6 is 11.6 Å². The molecule has 0 saturated carbocycles. The van der Waals surface area contributed by atoms with Gasteiger partial charge in [-0.15, -0.1) is 0 Å². The molecule has 0 N–H and O–H groups in total. The van der Waals surface area contributed by atoms with Gasteiger partial charge in [0.15, 0.2) is 0 Å². The van der Waals surface area contributed by atoms with Crippen molar-refractivity contribution in [2.24, 2.45) is 0 Å². The molecule has 1 aliphatic rings. The molecule has 0 radical (unpaired) electrons. The fraction of sp³-hybridized carbons (Fsp3) is 0.276. The molecule has 9 nitrogen and oxygen atoms in total. The average Bonchev–Trinajstić information content (AvgIpc) is 3.32. The Bertz CT molecular complexity index is 1610. The number of carbonyl (C=O) groups is 1. The highest BCUT2D eigenvalue weighted by Gasteiger charge is 2.37. The highest BCUT2D eigenvalue weighted by Crippen LogP contribution is 2.36. The van der Waals surface area contributed by atoms with E-state index in [1.165, 1.54) is 16.8 Å². The number of rotatable bonds is 4. The number of aromatic nitrogens is 4. The number of imidazole rings is 1. The molecule has 1 aliphatic heterocycles. The summed E-state index contributed by atoms with van der Waals surface area (Å²) in [4.78, 5) is 36.4. The van der Waals surface area contributed by atoms with Gasteiger partial charge in [-0.25, -0.2) is 14.8 Å². The maximum atomic E-state index is 13.3. The third-order valence-electron chi connectivity index (χ3n) is 6.39. The fourth-order valence-corrected chi connectivity index (χ4v) is 4.82. The maximum absolute atomic E-state index is 13.3. The Morgan fingerprint density at radius 1 is 1.13 bits per heavy atom. The third kappa shape index (κ3) is 5.56. The molecule has 10 heteroatoms. The highest BCUT2D eigenvalue weighted by atomic mass is 35.5. The predicted molar refractivity (Wildman–Crippen MR) is 146 cm³/mol. The van der Waals surface area contributed by atoms with Crippen molar-refractivity contribution < 1.29 is 9.53 Å². The van der Waals surface area contributed by atoms with Crippen molar-refractivity contribution in [3.8, 4) is 11.9 Å². The molecule has 39 heavy (non-hydrogen) atoms. The molecule has 0 fully saturated rings. The Labute approximate surface area is 230 Å². The van der Waals surface area contributed by atoms with Gasteiger partial charge >= 0.3 is 6.09 Å². The number of pyridine rings is 2. The lowest BCUT2D eigenvalue weighted by Gasteiger charge is -2.37. The van der Waals surface area contributed by atoms with E-state index in [0.717, 1.165) is 22.5 Å². The number of hydrogen-bond donors (Lipinski definition) is 0. The van der Waals surface area contributed by atoms with Gasteiger partial charge in [-0.2, -0.15) is 5.26 Å². The molecule has 1 amide bonds. The number of fused-ring (bicyclic) bond motifs is 1. The number of halogens is 1. The van der Waals surface area contributed by atoms with Gasteiger partial charge in [-0.1, -0.05) is 29.8 Å². The van der Waals surface area contributed by atoms with E-state index in [2.05, 4.69) is 16.0 Å². The van der Waals surface area contributed by atoms with Gasteiger partial charge in [0.1, 0.15) is 17.5 Å². The summed E-state index contributed by atoms with van der Waals surface area (Å²) < 4.78 is 9.16. The molecule has 1 atom stereocenters. The van der Waals surface area contributed by atoms with Crippen LogP contribution in [-0.2, 0) is 17.7 Å². The lowest BCUT2D eigenvalue weighted by atomic mass is 9.95. The van der Waals surface area contributed by atoms with E-state index in [4.69, 9.17) is 16.3 Å². The molecule has 0 bridgehead atoms. The van der Waals surface area contributed by atoms with E-state index in [9.17, 15) is 14.9 Å². The molecule has 1 unspecified atom stereocenters. The first-order chi connectivity index (χ1) is 18.6. The van der Waals surface area contributed by atoms with Crippen LogP contribution in [0.25, 0.3) is 5.82 Å². The Kier molecular flexibility index (Phi) is 6.98. The van der Waals surface area contributed by atoms with Gasteiger partial charge in [0.25, 0.3) is 5.56 Å². The molecular formula is C29H27ClN6O3. The third-order valence-corrected chi connectivity index (χ3v) is 6.61. The van der Waals surface area contributed by atoms with Crippen molar-refractivity contribution in [2.45, 2.75) is 45.4 Å². The van der Waals surface area contributed by atoms with Crippen LogP contribution in [0.4, 0.5) is 4.79 Å². The van der Waals surface area contributed by atoms with Gasteiger partial charge in [0.2, 0.25) is 0 Å². The first-order valence-corrected chi connectivity index (χ1v) is 12.9. The summed E-state index contributed by atoms with van der Waals surface area (Å²) in [5, 5.41) is 9.72. The Morgan fingerprint density at radius 2 is 1.90 bits per heavy atom. The molecule has 0 spiro atoms. The SMILES string of the molecule is CC(C)(C)OC(=O)N1CCc2ncn(Cc3ccc(-n4cc(Cl)ccc4=O)nc3)c2C1c1ccc(C#N)cc1. The number of ether oxygens (including phenoxy) is 1. The topological polar surface area (TPSA) is 106 Å². The smallest absolute Gasteiger partial charge is 0.411 e. The molecule has 3 aromatic heterocycles. The van der Waals surface area contributed by atoms with E-state index < -0.39 is 17.7 Å². The molecule has 1 aromatic carbocycles. The van der Waals surface area contributed by atoms with Crippen LogP contribution in [0.15, 0.2) is 72.0 Å². The lowest BCUT2D eigenvalue weighted by molar-refractivity contribution is 0.0171. The summed E-state index contributed by atoms with van der Waals surface area (Å²) in [5.74, 6) is 0.463. The van der Waals surface area contributed by atoms with Crippen molar-refractivity contribution in [1.82, 2.24) is 24.0 Å². The highest BCUT2D eigenvalue weighted by molar-refractivity contribution is 6.30. The van der Waals surface area contributed by atoms with E-state index >= 15 is 0 Å². The summed E-state index contributed by atoms with van der Waals surface area (Å²) >= 11 is 6.06. The Balaban J connectivity index is 1.50. The van der Waals surface area contributed by atoms with Crippen molar-refractivity contribution >= 4 is 17.7 Å². The van der Waals surface area contributed by atoms with Crippen molar-refractivity contribution in [2.75, 3.05) is 6.54 Å². The van der Waals surface area contributed by atoms with Crippen molar-refractivity contribution in [3.63, 3.8) is 0 Å². The van der Waals surface area contributed by atoms with Crippen LogP contribution in [0, 0.1) is 11.3 Å². The van der Waals surface area contributed by atoms with Crippen LogP contribution in [0.5, 0.6) is 0 Å². The predicted octanol–water partition coefficient (Wildman–Crippen LogP) is 4.88. The normalized spacial score (nSPS) is 14.9. The van der Waals surface area contributed by atoms with Crippen LogP contribution in [0.1, 0.15) is 54.9 Å². The maximum Gasteiger partial charge on any atom is 0.411 e. The largest absolute Gasteiger partial charge is 0.444 e. The van der Waals surface area contributed by atoms with E-state index in [0.29, 0.717) is 35.9 Å². The fourth-order valence-electron chi connectivity index (χ4n) is 4.65. The van der Waals surface area contributed by atoms with E-state index in [-0.39, 0.29) is 5.56 Å². The second kappa shape index (κ2) is 10.4. The van der Waals surface area contributed by atoms with E-state index in [1.807, 2.05) is 43.5 Å². The van der Waals surface area contributed by atoms with E-state index in [1.54, 1.807) is 41.7 Å². The zero-order valence-corrected chi connectivity index (χ0v) is 22.6. The molecule has 198 valence electrons. The average molecular weight is 543 g/mol. The van der Waals surface area contributed by atoms with Crippen molar-refractivity contribution in [1.29, 1.82) is 5.26 Å². The first kappa shape index (κ1) is 26.2. The number of benzene rings is 1. The molecule has 5 rings (SSSR count). The zero-order valence-electron chi connectivity index (χ0n) is 21.8. The van der Waals surface area contributed by atoms with Gasteiger partial charge in [0, 0.05) is 31.4 Å². The number of amides is 1. The molecule has 0 aliphatic carbocycles. The van der Waals surface area contributed by atoms with Crippen LogP contribution in [-0.4, -0.2) is 42.2 Å². The molecule has 0 saturated heterocycles. The summed E-state index contributed by atoms with van der Waals surface area (Å²) in [6.45, 7) is 6.43. The number of nitriles is 1.